The summed E-state index contributed by atoms with van der Waals surface area (Å²) in [6.07, 6.45) is 2.81. The van der Waals surface area contributed by atoms with Crippen molar-refractivity contribution in [2.24, 2.45) is 10.4 Å². The van der Waals surface area contributed by atoms with Crippen molar-refractivity contribution in [1.82, 2.24) is 4.90 Å². The number of ether oxygens (including phenoxy) is 3. The SMILES string of the molecule is COc1cc(C=C2SC(N3CCOCC3)=NC2=O)ccc1OCCC(C)(C)C. The number of amides is 1. The van der Waals surface area contributed by atoms with Gasteiger partial charge in [0.1, 0.15) is 0 Å². The number of hydrogen-bond acceptors (Lipinski definition) is 6. The Morgan fingerprint density at radius 3 is 2.68 bits per heavy atom. The van der Waals surface area contributed by atoms with Crippen LogP contribution in [0.4, 0.5) is 0 Å². The summed E-state index contributed by atoms with van der Waals surface area (Å²) >= 11 is 1.41. The molecular weight excluding hydrogens is 376 g/mol. The van der Waals surface area contributed by atoms with Crippen LogP contribution in [-0.2, 0) is 9.53 Å². The Hall–Kier alpha value is -1.99. The zero-order valence-corrected chi connectivity index (χ0v) is 17.8. The molecule has 0 atom stereocenters. The highest BCUT2D eigenvalue weighted by atomic mass is 32.2. The van der Waals surface area contributed by atoms with Gasteiger partial charge in [0.05, 0.1) is 31.8 Å². The van der Waals surface area contributed by atoms with Crippen LogP contribution in [0.3, 0.4) is 0 Å². The Bertz CT molecular complexity index is 777. The number of morpholine rings is 1. The Kier molecular flexibility index (Phi) is 6.67. The Labute approximate surface area is 170 Å². The minimum absolute atomic E-state index is 0.198. The van der Waals surface area contributed by atoms with Crippen LogP contribution in [0.15, 0.2) is 28.1 Å². The third-order valence-electron chi connectivity index (χ3n) is 4.49. The normalized spacial score (nSPS) is 19.1. The minimum atomic E-state index is -0.198. The van der Waals surface area contributed by atoms with E-state index in [1.807, 2.05) is 24.3 Å². The summed E-state index contributed by atoms with van der Waals surface area (Å²) in [5.41, 5.74) is 1.10. The molecule has 28 heavy (non-hydrogen) atoms. The van der Waals surface area contributed by atoms with Crippen molar-refractivity contribution >= 4 is 28.9 Å². The minimum Gasteiger partial charge on any atom is -0.493 e. The van der Waals surface area contributed by atoms with Crippen molar-refractivity contribution in [2.75, 3.05) is 40.0 Å². The first-order chi connectivity index (χ1) is 13.4. The molecule has 1 amide bonds. The number of methoxy groups -OCH3 is 1. The van der Waals surface area contributed by atoms with E-state index in [1.165, 1.54) is 11.8 Å². The molecule has 0 radical (unpaired) electrons. The van der Waals surface area contributed by atoms with Gasteiger partial charge in [-0.25, -0.2) is 0 Å². The number of thioether (sulfide) groups is 1. The van der Waals surface area contributed by atoms with Crippen LogP contribution in [0, 0.1) is 5.41 Å². The maximum absolute atomic E-state index is 12.3. The van der Waals surface area contributed by atoms with E-state index in [0.29, 0.717) is 36.2 Å². The van der Waals surface area contributed by atoms with Crippen LogP contribution in [0.25, 0.3) is 6.08 Å². The van der Waals surface area contributed by atoms with E-state index >= 15 is 0 Å². The summed E-state index contributed by atoms with van der Waals surface area (Å²) < 4.78 is 16.7. The van der Waals surface area contributed by atoms with Crippen molar-refractivity contribution in [3.05, 3.63) is 28.7 Å². The number of amidine groups is 1. The van der Waals surface area contributed by atoms with Crippen LogP contribution in [-0.4, -0.2) is 56.0 Å². The third-order valence-corrected chi connectivity index (χ3v) is 5.53. The topological polar surface area (TPSA) is 60.4 Å². The summed E-state index contributed by atoms with van der Waals surface area (Å²) in [7, 11) is 1.62. The summed E-state index contributed by atoms with van der Waals surface area (Å²) in [5, 5.41) is 0.758. The van der Waals surface area contributed by atoms with E-state index < -0.39 is 0 Å². The van der Waals surface area contributed by atoms with Crippen molar-refractivity contribution in [1.29, 1.82) is 0 Å². The second-order valence-corrected chi connectivity index (χ2v) is 8.99. The molecule has 0 unspecified atom stereocenters. The molecule has 6 nitrogen and oxygen atoms in total. The quantitative estimate of drug-likeness (QED) is 0.696. The maximum atomic E-state index is 12.3. The number of hydrogen-bond donors (Lipinski definition) is 0. The van der Waals surface area contributed by atoms with Gasteiger partial charge in [0.15, 0.2) is 16.7 Å². The molecule has 1 aromatic carbocycles. The first-order valence-corrected chi connectivity index (χ1v) is 10.3. The number of benzene rings is 1. The zero-order chi connectivity index (χ0) is 20.1. The van der Waals surface area contributed by atoms with E-state index in [4.69, 9.17) is 14.2 Å². The molecular formula is C21H28N2O4S. The predicted octanol–water partition coefficient (Wildman–Crippen LogP) is 3.81. The maximum Gasteiger partial charge on any atom is 0.286 e. The molecule has 0 N–H and O–H groups in total. The largest absolute Gasteiger partial charge is 0.493 e. The molecule has 0 aliphatic carbocycles. The van der Waals surface area contributed by atoms with Gasteiger partial charge < -0.3 is 19.1 Å². The molecule has 2 aliphatic heterocycles. The average molecular weight is 405 g/mol. The summed E-state index contributed by atoms with van der Waals surface area (Å²) in [6, 6.07) is 5.71. The van der Waals surface area contributed by atoms with Gasteiger partial charge >= 0.3 is 0 Å². The third kappa shape index (κ3) is 5.52. The van der Waals surface area contributed by atoms with Crippen molar-refractivity contribution < 1.29 is 19.0 Å². The number of carbonyl (C=O) groups is 1. The number of aliphatic imine (C=N–C) groups is 1. The Morgan fingerprint density at radius 2 is 2.00 bits per heavy atom. The van der Waals surface area contributed by atoms with Crippen LogP contribution in [0.5, 0.6) is 11.5 Å². The summed E-state index contributed by atoms with van der Waals surface area (Å²) in [4.78, 5) is 19.2. The van der Waals surface area contributed by atoms with Gasteiger partial charge in [0.2, 0.25) is 0 Å². The van der Waals surface area contributed by atoms with Crippen LogP contribution >= 0.6 is 11.8 Å². The van der Waals surface area contributed by atoms with Crippen LogP contribution in [0.1, 0.15) is 32.8 Å². The molecule has 1 aromatic rings. The van der Waals surface area contributed by atoms with Crippen molar-refractivity contribution in [3.8, 4) is 11.5 Å². The van der Waals surface area contributed by atoms with E-state index in [2.05, 4.69) is 30.7 Å². The molecule has 0 spiro atoms. The molecule has 2 aliphatic rings. The molecule has 7 heteroatoms. The molecule has 2 heterocycles. The van der Waals surface area contributed by atoms with Gasteiger partial charge in [-0.05, 0) is 47.4 Å². The summed E-state index contributed by atoms with van der Waals surface area (Å²) in [5.74, 6) is 1.17. The first kappa shape index (κ1) is 20.7. The van der Waals surface area contributed by atoms with Gasteiger partial charge in [-0.15, -0.1) is 0 Å². The molecule has 0 saturated carbocycles. The second kappa shape index (κ2) is 9.01. The lowest BCUT2D eigenvalue weighted by atomic mass is 9.93. The predicted molar refractivity (Wildman–Crippen MR) is 113 cm³/mol. The molecule has 0 bridgehead atoms. The highest BCUT2D eigenvalue weighted by Crippen LogP contribution is 2.34. The van der Waals surface area contributed by atoms with Crippen molar-refractivity contribution in [2.45, 2.75) is 27.2 Å². The van der Waals surface area contributed by atoms with E-state index in [9.17, 15) is 4.79 Å². The van der Waals surface area contributed by atoms with Gasteiger partial charge in [-0.1, -0.05) is 26.8 Å². The number of carbonyl (C=O) groups excluding carboxylic acids is 1. The Morgan fingerprint density at radius 1 is 1.25 bits per heavy atom. The highest BCUT2D eigenvalue weighted by Gasteiger charge is 2.27. The standard InChI is InChI=1S/C21H28N2O4S/c1-21(2,3)7-10-27-16-6-5-15(13-17(16)25-4)14-18-19(24)22-20(28-18)23-8-11-26-12-9-23/h5-6,13-14H,7-12H2,1-4H3. The van der Waals surface area contributed by atoms with E-state index in [1.54, 1.807) is 7.11 Å². The fourth-order valence-electron chi connectivity index (χ4n) is 2.80. The highest BCUT2D eigenvalue weighted by molar-refractivity contribution is 8.18. The van der Waals surface area contributed by atoms with E-state index in [0.717, 1.165) is 30.2 Å². The average Bonchev–Trinajstić information content (AvgIpc) is 3.03. The van der Waals surface area contributed by atoms with Crippen LogP contribution < -0.4 is 9.47 Å². The van der Waals surface area contributed by atoms with Gasteiger partial charge in [-0.2, -0.15) is 4.99 Å². The zero-order valence-electron chi connectivity index (χ0n) is 17.0. The number of nitrogens with zero attached hydrogens (tertiary/aromatic N) is 2. The monoisotopic (exact) mass is 404 g/mol. The lowest BCUT2D eigenvalue weighted by molar-refractivity contribution is -0.113. The first-order valence-electron chi connectivity index (χ1n) is 9.52. The molecule has 1 saturated heterocycles. The fourth-order valence-corrected chi connectivity index (χ4v) is 3.76. The second-order valence-electron chi connectivity index (χ2n) is 7.98. The van der Waals surface area contributed by atoms with Gasteiger partial charge in [0, 0.05) is 13.1 Å². The van der Waals surface area contributed by atoms with E-state index in [-0.39, 0.29) is 11.3 Å². The molecule has 3 rings (SSSR count). The fraction of sp³-hybridized carbons (Fsp3) is 0.524. The lowest BCUT2D eigenvalue weighted by Crippen LogP contribution is -2.38. The van der Waals surface area contributed by atoms with Gasteiger partial charge in [0.25, 0.3) is 5.91 Å². The summed E-state index contributed by atoms with van der Waals surface area (Å²) in [6.45, 7) is 10.1. The molecule has 1 fully saturated rings. The number of rotatable bonds is 5. The molecule has 0 aromatic heterocycles. The lowest BCUT2D eigenvalue weighted by Gasteiger charge is -2.27. The smallest absolute Gasteiger partial charge is 0.286 e. The van der Waals surface area contributed by atoms with Crippen molar-refractivity contribution in [3.63, 3.8) is 0 Å². The Balaban J connectivity index is 1.67. The van der Waals surface area contributed by atoms with Gasteiger partial charge in [-0.3, -0.25) is 4.79 Å². The molecule has 152 valence electrons. The van der Waals surface area contributed by atoms with Crippen LogP contribution in [0.2, 0.25) is 0 Å².